The smallest absolute Gasteiger partial charge is 0.239 e. The van der Waals surface area contributed by atoms with E-state index in [0.717, 1.165) is 12.8 Å². The summed E-state index contributed by atoms with van der Waals surface area (Å²) in [5.41, 5.74) is 5.91. The van der Waals surface area contributed by atoms with Crippen molar-refractivity contribution in [1.82, 2.24) is 4.90 Å². The Labute approximate surface area is 125 Å². The largest absolute Gasteiger partial charge is 0.490 e. The first-order chi connectivity index (χ1) is 9.97. The van der Waals surface area contributed by atoms with Crippen molar-refractivity contribution in [2.75, 3.05) is 13.1 Å². The number of piperidine rings is 1. The molecule has 1 aromatic rings. The standard InChI is InChI=1S/C16H23FN2O2/c1-11(2)15(18)16(20)19-9-7-14(8-10-19)21-13-5-3-12(17)4-6-13/h3-6,11,14-15H,7-10,18H2,1-2H3/t15-/m0/s1. The molecule has 1 aliphatic rings. The van der Waals surface area contributed by atoms with Gasteiger partial charge >= 0.3 is 0 Å². The number of halogens is 1. The van der Waals surface area contributed by atoms with Crippen molar-refractivity contribution >= 4 is 5.91 Å². The van der Waals surface area contributed by atoms with E-state index in [1.807, 2.05) is 18.7 Å². The maximum Gasteiger partial charge on any atom is 0.239 e. The van der Waals surface area contributed by atoms with Crippen LogP contribution in [-0.4, -0.2) is 36.0 Å². The van der Waals surface area contributed by atoms with Crippen molar-refractivity contribution < 1.29 is 13.9 Å². The van der Waals surface area contributed by atoms with Crippen molar-refractivity contribution in [3.63, 3.8) is 0 Å². The zero-order chi connectivity index (χ0) is 15.4. The molecule has 0 radical (unpaired) electrons. The Morgan fingerprint density at radius 3 is 2.38 bits per heavy atom. The van der Waals surface area contributed by atoms with Gasteiger partial charge < -0.3 is 15.4 Å². The third kappa shape index (κ3) is 4.17. The number of hydrogen-bond donors (Lipinski definition) is 1. The highest BCUT2D eigenvalue weighted by molar-refractivity contribution is 5.82. The van der Waals surface area contributed by atoms with Crippen LogP contribution in [0.2, 0.25) is 0 Å². The van der Waals surface area contributed by atoms with E-state index in [9.17, 15) is 9.18 Å². The molecule has 1 heterocycles. The average molecular weight is 294 g/mol. The van der Waals surface area contributed by atoms with Crippen LogP contribution < -0.4 is 10.5 Å². The Morgan fingerprint density at radius 1 is 1.29 bits per heavy atom. The van der Waals surface area contributed by atoms with E-state index >= 15 is 0 Å². The highest BCUT2D eigenvalue weighted by atomic mass is 19.1. The number of amides is 1. The molecule has 0 spiro atoms. The molecule has 1 aromatic carbocycles. The molecule has 21 heavy (non-hydrogen) atoms. The second-order valence-electron chi connectivity index (χ2n) is 5.87. The third-order valence-corrected chi connectivity index (χ3v) is 3.87. The van der Waals surface area contributed by atoms with Crippen molar-refractivity contribution in [3.8, 4) is 5.75 Å². The van der Waals surface area contributed by atoms with Gasteiger partial charge in [-0.05, 0) is 30.2 Å². The first-order valence-corrected chi connectivity index (χ1v) is 7.44. The molecule has 2 N–H and O–H groups in total. The summed E-state index contributed by atoms with van der Waals surface area (Å²) in [5.74, 6) is 0.557. The van der Waals surface area contributed by atoms with E-state index in [1.165, 1.54) is 12.1 Å². The van der Waals surface area contributed by atoms with Gasteiger partial charge in [0.2, 0.25) is 5.91 Å². The molecule has 116 valence electrons. The molecule has 0 saturated carbocycles. The second kappa shape index (κ2) is 6.89. The van der Waals surface area contributed by atoms with Crippen LogP contribution in [-0.2, 0) is 4.79 Å². The van der Waals surface area contributed by atoms with E-state index in [0.29, 0.717) is 18.8 Å². The van der Waals surface area contributed by atoms with Crippen molar-refractivity contribution in [2.24, 2.45) is 11.7 Å². The number of carbonyl (C=O) groups excluding carboxylic acids is 1. The zero-order valence-corrected chi connectivity index (χ0v) is 12.6. The fraction of sp³-hybridized carbons (Fsp3) is 0.562. The van der Waals surface area contributed by atoms with E-state index in [4.69, 9.17) is 10.5 Å². The Morgan fingerprint density at radius 2 is 1.86 bits per heavy atom. The zero-order valence-electron chi connectivity index (χ0n) is 12.6. The van der Waals surface area contributed by atoms with E-state index in [-0.39, 0.29) is 23.7 Å². The lowest BCUT2D eigenvalue weighted by atomic mass is 10.0. The summed E-state index contributed by atoms with van der Waals surface area (Å²) in [6, 6.07) is 5.59. The van der Waals surface area contributed by atoms with Gasteiger partial charge in [-0.1, -0.05) is 13.8 Å². The van der Waals surface area contributed by atoms with Gasteiger partial charge in [-0.3, -0.25) is 4.79 Å². The molecule has 1 fully saturated rings. The van der Waals surface area contributed by atoms with Crippen LogP contribution in [0.3, 0.4) is 0 Å². The predicted molar refractivity (Wildman–Crippen MR) is 79.4 cm³/mol. The molecule has 2 rings (SSSR count). The third-order valence-electron chi connectivity index (χ3n) is 3.87. The molecule has 1 saturated heterocycles. The molecule has 4 nitrogen and oxygen atoms in total. The topological polar surface area (TPSA) is 55.6 Å². The molecule has 0 bridgehead atoms. The van der Waals surface area contributed by atoms with Crippen LogP contribution in [0, 0.1) is 11.7 Å². The molecular weight excluding hydrogens is 271 g/mol. The van der Waals surface area contributed by atoms with Crippen molar-refractivity contribution in [2.45, 2.75) is 38.8 Å². The summed E-state index contributed by atoms with van der Waals surface area (Å²) in [5, 5.41) is 0. The SMILES string of the molecule is CC(C)[C@H](N)C(=O)N1CCC(Oc2ccc(F)cc2)CC1. The minimum atomic E-state index is -0.431. The molecular formula is C16H23FN2O2. The molecule has 0 unspecified atom stereocenters. The van der Waals surface area contributed by atoms with Crippen molar-refractivity contribution in [1.29, 1.82) is 0 Å². The Kier molecular flexibility index (Phi) is 5.17. The first-order valence-electron chi connectivity index (χ1n) is 7.44. The lowest BCUT2D eigenvalue weighted by molar-refractivity contribution is -0.135. The highest BCUT2D eigenvalue weighted by Gasteiger charge is 2.28. The molecule has 0 aromatic heterocycles. The molecule has 1 aliphatic heterocycles. The average Bonchev–Trinajstić information content (AvgIpc) is 2.49. The van der Waals surface area contributed by atoms with Crippen LogP contribution in [0.4, 0.5) is 4.39 Å². The van der Waals surface area contributed by atoms with Gasteiger partial charge in [0, 0.05) is 25.9 Å². The van der Waals surface area contributed by atoms with Gasteiger partial charge in [0.25, 0.3) is 0 Å². The number of ether oxygens (including phenoxy) is 1. The minimum Gasteiger partial charge on any atom is -0.490 e. The van der Waals surface area contributed by atoms with Gasteiger partial charge in [0.15, 0.2) is 0 Å². The first kappa shape index (κ1) is 15.8. The monoisotopic (exact) mass is 294 g/mol. The number of likely N-dealkylation sites (tertiary alicyclic amines) is 1. The van der Waals surface area contributed by atoms with Gasteiger partial charge in [-0.15, -0.1) is 0 Å². The minimum absolute atomic E-state index is 0.0187. The Hall–Kier alpha value is -1.62. The van der Waals surface area contributed by atoms with Gasteiger partial charge in [-0.25, -0.2) is 4.39 Å². The lowest BCUT2D eigenvalue weighted by Gasteiger charge is -2.34. The summed E-state index contributed by atoms with van der Waals surface area (Å²) in [6.07, 6.45) is 1.61. The lowest BCUT2D eigenvalue weighted by Crippen LogP contribution is -2.50. The predicted octanol–water partition coefficient (Wildman–Crippen LogP) is 2.18. The summed E-state index contributed by atoms with van der Waals surface area (Å²) < 4.78 is 18.6. The number of rotatable bonds is 4. The van der Waals surface area contributed by atoms with E-state index < -0.39 is 6.04 Å². The van der Waals surface area contributed by atoms with Gasteiger partial charge in [0.05, 0.1) is 6.04 Å². The molecule has 1 atom stereocenters. The fourth-order valence-electron chi connectivity index (χ4n) is 2.40. The maximum absolute atomic E-state index is 12.8. The van der Waals surface area contributed by atoms with Crippen molar-refractivity contribution in [3.05, 3.63) is 30.1 Å². The quantitative estimate of drug-likeness (QED) is 0.926. The second-order valence-corrected chi connectivity index (χ2v) is 5.87. The van der Waals surface area contributed by atoms with Crippen LogP contribution >= 0.6 is 0 Å². The maximum atomic E-state index is 12.8. The van der Waals surface area contributed by atoms with Crippen LogP contribution in [0.25, 0.3) is 0 Å². The normalized spacial score (nSPS) is 17.9. The van der Waals surface area contributed by atoms with Gasteiger partial charge in [0.1, 0.15) is 17.7 Å². The Balaban J connectivity index is 1.83. The summed E-state index contributed by atoms with van der Waals surface area (Å²) in [4.78, 5) is 14.0. The molecule has 1 amide bonds. The summed E-state index contributed by atoms with van der Waals surface area (Å²) in [6.45, 7) is 5.22. The summed E-state index contributed by atoms with van der Waals surface area (Å²) in [7, 11) is 0. The van der Waals surface area contributed by atoms with E-state index in [2.05, 4.69) is 0 Å². The Bertz CT molecular complexity index is 468. The molecule has 5 heteroatoms. The number of nitrogens with zero attached hydrogens (tertiary/aromatic N) is 1. The number of hydrogen-bond acceptors (Lipinski definition) is 3. The van der Waals surface area contributed by atoms with Gasteiger partial charge in [-0.2, -0.15) is 0 Å². The fourth-order valence-corrected chi connectivity index (χ4v) is 2.40. The highest BCUT2D eigenvalue weighted by Crippen LogP contribution is 2.20. The number of nitrogens with two attached hydrogens (primary N) is 1. The number of carbonyl (C=O) groups is 1. The van der Waals surface area contributed by atoms with E-state index in [1.54, 1.807) is 12.1 Å². The number of benzene rings is 1. The molecule has 0 aliphatic carbocycles. The summed E-state index contributed by atoms with van der Waals surface area (Å²) >= 11 is 0. The van der Waals surface area contributed by atoms with Crippen LogP contribution in [0.5, 0.6) is 5.75 Å². The van der Waals surface area contributed by atoms with Crippen LogP contribution in [0.15, 0.2) is 24.3 Å². The van der Waals surface area contributed by atoms with Crippen LogP contribution in [0.1, 0.15) is 26.7 Å².